The van der Waals surface area contributed by atoms with Crippen LogP contribution < -0.4 is 0 Å². The van der Waals surface area contributed by atoms with E-state index in [9.17, 15) is 19.5 Å². The van der Waals surface area contributed by atoms with Gasteiger partial charge in [0.2, 0.25) is 0 Å². The highest BCUT2D eigenvalue weighted by Crippen LogP contribution is 2.71. The van der Waals surface area contributed by atoms with E-state index in [-0.39, 0.29) is 42.6 Å². The summed E-state index contributed by atoms with van der Waals surface area (Å²) in [6.07, 6.45) is 4.57. The second kappa shape index (κ2) is 8.44. The summed E-state index contributed by atoms with van der Waals surface area (Å²) in [5, 5.41) is 11.4. The summed E-state index contributed by atoms with van der Waals surface area (Å²) < 4.78 is 23.2. The fraction of sp³-hybridized carbons (Fsp3) is 0.808. The Morgan fingerprint density at radius 1 is 1.21 bits per heavy atom. The third-order valence-corrected chi connectivity index (χ3v) is 10.00. The molecule has 7 heteroatoms. The first-order valence-electron chi connectivity index (χ1n) is 12.4. The maximum absolute atomic E-state index is 17.2. The van der Waals surface area contributed by atoms with E-state index in [1.165, 1.54) is 0 Å². The van der Waals surface area contributed by atoms with E-state index in [1.807, 2.05) is 20.8 Å². The van der Waals surface area contributed by atoms with Crippen LogP contribution in [0.5, 0.6) is 0 Å². The first-order valence-corrected chi connectivity index (χ1v) is 13.0. The number of esters is 1. The SMILES string of the molecule is CCCCC(=O)O[C@]1(C(=O)CCl)CC[C@H]2[C@@H]3CCC4=CC(=O)CC[C@]4(C)[C@@]3(F)[C@@H](O)C[C@@]21C. The number of aliphatic hydroxyl groups excluding tert-OH is 1. The molecule has 0 radical (unpaired) electrons. The normalized spacial score (nSPS) is 44.4. The molecule has 0 aromatic rings. The number of aliphatic hydroxyl groups is 1. The molecule has 0 aliphatic heterocycles. The smallest absolute Gasteiger partial charge is 0.306 e. The Morgan fingerprint density at radius 2 is 1.94 bits per heavy atom. The van der Waals surface area contributed by atoms with Crippen molar-refractivity contribution in [2.75, 3.05) is 5.88 Å². The molecule has 3 saturated carbocycles. The molecular formula is C26H36ClFO5. The van der Waals surface area contributed by atoms with Crippen LogP contribution in [0.2, 0.25) is 0 Å². The van der Waals surface area contributed by atoms with E-state index in [1.54, 1.807) is 6.08 Å². The number of allylic oxidation sites excluding steroid dienone is 1. The Balaban J connectivity index is 1.75. The summed E-state index contributed by atoms with van der Waals surface area (Å²) in [4.78, 5) is 38.0. The number of hydrogen-bond donors (Lipinski definition) is 1. The van der Waals surface area contributed by atoms with Crippen LogP contribution >= 0.6 is 11.6 Å². The van der Waals surface area contributed by atoms with Crippen molar-refractivity contribution in [3.05, 3.63) is 11.6 Å². The molecule has 3 fully saturated rings. The number of halogens is 2. The standard InChI is InChI=1S/C26H36ClFO5/c1-4-5-6-22(32)33-25(21(31)15-27)12-10-18-19-8-7-16-13-17(29)9-11-23(16,2)26(19,28)20(30)14-24(18,25)3/h13,18-20,30H,4-12,14-15H2,1-3H3/t18-,19-,20-,23-,24-,25-,26-/m0/s1. The van der Waals surface area contributed by atoms with Gasteiger partial charge in [-0.15, -0.1) is 11.6 Å². The largest absolute Gasteiger partial charge is 0.450 e. The number of ketones is 2. The molecule has 0 amide bonds. The van der Waals surface area contributed by atoms with Crippen molar-refractivity contribution in [3.8, 4) is 0 Å². The number of hydrogen-bond acceptors (Lipinski definition) is 5. The van der Waals surface area contributed by atoms with Gasteiger partial charge in [0, 0.05) is 29.6 Å². The number of rotatable bonds is 6. The lowest BCUT2D eigenvalue weighted by Gasteiger charge is -2.63. The molecule has 184 valence electrons. The highest BCUT2D eigenvalue weighted by atomic mass is 35.5. The van der Waals surface area contributed by atoms with Crippen molar-refractivity contribution < 1.29 is 28.6 Å². The number of carbonyl (C=O) groups excluding carboxylic acids is 3. The van der Waals surface area contributed by atoms with Gasteiger partial charge in [0.05, 0.1) is 12.0 Å². The molecule has 4 aliphatic rings. The molecule has 7 atom stereocenters. The molecule has 0 saturated heterocycles. The second-order valence-corrected chi connectivity index (χ2v) is 11.4. The summed E-state index contributed by atoms with van der Waals surface area (Å²) in [5.74, 6) is -1.78. The van der Waals surface area contributed by atoms with Gasteiger partial charge in [-0.25, -0.2) is 4.39 Å². The van der Waals surface area contributed by atoms with E-state index < -0.39 is 40.1 Å². The quantitative estimate of drug-likeness (QED) is 0.432. The van der Waals surface area contributed by atoms with Crippen LogP contribution in [0.15, 0.2) is 11.6 Å². The fourth-order valence-electron chi connectivity index (χ4n) is 7.92. The summed E-state index contributed by atoms with van der Waals surface area (Å²) in [7, 11) is 0. The Labute approximate surface area is 200 Å². The topological polar surface area (TPSA) is 80.7 Å². The fourth-order valence-corrected chi connectivity index (χ4v) is 8.13. The number of carbonyl (C=O) groups is 3. The predicted octanol–water partition coefficient (Wildman–Crippen LogP) is 4.86. The Kier molecular flexibility index (Phi) is 6.35. The molecule has 0 aromatic heterocycles. The summed E-state index contributed by atoms with van der Waals surface area (Å²) in [6, 6.07) is 0. The van der Waals surface area contributed by atoms with Gasteiger partial charge in [-0.1, -0.05) is 32.8 Å². The summed E-state index contributed by atoms with van der Waals surface area (Å²) in [5.41, 5.74) is -4.35. The van der Waals surface area contributed by atoms with Crippen molar-refractivity contribution in [3.63, 3.8) is 0 Å². The van der Waals surface area contributed by atoms with Gasteiger partial charge in [-0.05, 0) is 56.9 Å². The molecule has 0 unspecified atom stereocenters. The molecule has 4 rings (SSSR count). The third-order valence-electron chi connectivity index (χ3n) is 9.76. The van der Waals surface area contributed by atoms with Crippen LogP contribution in [-0.4, -0.2) is 45.9 Å². The molecule has 5 nitrogen and oxygen atoms in total. The van der Waals surface area contributed by atoms with Gasteiger partial charge in [-0.3, -0.25) is 14.4 Å². The van der Waals surface area contributed by atoms with Crippen LogP contribution in [0.3, 0.4) is 0 Å². The minimum atomic E-state index is -1.89. The summed E-state index contributed by atoms with van der Waals surface area (Å²) in [6.45, 7) is 5.70. The van der Waals surface area contributed by atoms with Gasteiger partial charge in [0.25, 0.3) is 0 Å². The maximum atomic E-state index is 17.2. The van der Waals surface area contributed by atoms with Crippen LogP contribution in [0.1, 0.15) is 85.0 Å². The molecule has 33 heavy (non-hydrogen) atoms. The predicted molar refractivity (Wildman–Crippen MR) is 123 cm³/mol. The van der Waals surface area contributed by atoms with Crippen molar-refractivity contribution in [2.45, 2.75) is 102 Å². The lowest BCUT2D eigenvalue weighted by atomic mass is 9.44. The lowest BCUT2D eigenvalue weighted by molar-refractivity contribution is -0.231. The monoisotopic (exact) mass is 482 g/mol. The molecular weight excluding hydrogens is 447 g/mol. The highest BCUT2D eigenvalue weighted by Gasteiger charge is 2.75. The number of fused-ring (bicyclic) bond motifs is 5. The van der Waals surface area contributed by atoms with E-state index in [0.717, 1.165) is 12.0 Å². The summed E-state index contributed by atoms with van der Waals surface area (Å²) >= 11 is 6.01. The Bertz CT molecular complexity index is 888. The van der Waals surface area contributed by atoms with E-state index in [4.69, 9.17) is 16.3 Å². The molecule has 0 heterocycles. The lowest BCUT2D eigenvalue weighted by Crippen LogP contribution is -2.70. The number of Topliss-reactive ketones (excluding diaryl/α,β-unsaturated/α-hetero) is 1. The van der Waals surface area contributed by atoms with Crippen LogP contribution in [0.25, 0.3) is 0 Å². The maximum Gasteiger partial charge on any atom is 0.306 e. The molecule has 0 bridgehead atoms. The first kappa shape index (κ1) is 24.8. The van der Waals surface area contributed by atoms with Gasteiger partial charge in [-0.2, -0.15) is 0 Å². The molecule has 1 N–H and O–H groups in total. The molecule has 0 spiro atoms. The van der Waals surface area contributed by atoms with Crippen LogP contribution in [0.4, 0.5) is 4.39 Å². The van der Waals surface area contributed by atoms with Gasteiger partial charge in [0.15, 0.2) is 17.2 Å². The number of ether oxygens (including phenoxy) is 1. The molecule has 4 aliphatic carbocycles. The zero-order chi connectivity index (χ0) is 24.2. The van der Waals surface area contributed by atoms with Crippen molar-refractivity contribution in [1.82, 2.24) is 0 Å². The van der Waals surface area contributed by atoms with Crippen LogP contribution in [0, 0.1) is 22.7 Å². The van der Waals surface area contributed by atoms with Crippen molar-refractivity contribution in [2.24, 2.45) is 22.7 Å². The van der Waals surface area contributed by atoms with Gasteiger partial charge >= 0.3 is 5.97 Å². The third kappa shape index (κ3) is 3.30. The zero-order valence-electron chi connectivity index (χ0n) is 19.9. The first-order chi connectivity index (χ1) is 15.5. The minimum Gasteiger partial charge on any atom is -0.450 e. The van der Waals surface area contributed by atoms with Gasteiger partial charge < -0.3 is 9.84 Å². The number of alkyl halides is 2. The van der Waals surface area contributed by atoms with E-state index in [2.05, 4.69) is 0 Å². The van der Waals surface area contributed by atoms with Gasteiger partial charge in [0.1, 0.15) is 5.67 Å². The second-order valence-electron chi connectivity index (χ2n) is 11.1. The Morgan fingerprint density at radius 3 is 2.61 bits per heavy atom. The van der Waals surface area contributed by atoms with Crippen LogP contribution in [-0.2, 0) is 19.1 Å². The van der Waals surface area contributed by atoms with Crippen molar-refractivity contribution in [1.29, 1.82) is 0 Å². The average Bonchev–Trinajstić information content (AvgIpc) is 3.05. The van der Waals surface area contributed by atoms with E-state index >= 15 is 4.39 Å². The highest BCUT2D eigenvalue weighted by molar-refractivity contribution is 6.29. The van der Waals surface area contributed by atoms with Crippen molar-refractivity contribution >= 4 is 29.1 Å². The van der Waals surface area contributed by atoms with E-state index in [0.29, 0.717) is 38.5 Å². The Hall–Kier alpha value is -1.27. The average molecular weight is 483 g/mol. The minimum absolute atomic E-state index is 0.0190. The number of unbranched alkanes of at least 4 members (excludes halogenated alkanes) is 1. The zero-order valence-corrected chi connectivity index (χ0v) is 20.7. The molecule has 0 aromatic carbocycles.